The van der Waals surface area contributed by atoms with E-state index in [0.29, 0.717) is 11.3 Å². The van der Waals surface area contributed by atoms with Gasteiger partial charge in [0.2, 0.25) is 34.8 Å². The summed E-state index contributed by atoms with van der Waals surface area (Å²) in [5.74, 6) is -13.7. The molecule has 0 atom stereocenters. The van der Waals surface area contributed by atoms with Crippen molar-refractivity contribution in [2.24, 2.45) is 0 Å². The van der Waals surface area contributed by atoms with Crippen molar-refractivity contribution < 1.29 is 36.2 Å². The molecule has 0 aliphatic heterocycles. The number of esters is 1. The molecule has 0 fully saturated rings. The molecule has 2 aromatic carbocycles. The zero-order chi connectivity index (χ0) is 17.1. The second-order valence-electron chi connectivity index (χ2n) is 4.36. The van der Waals surface area contributed by atoms with Crippen molar-refractivity contribution >= 4 is 5.97 Å². The Hall–Kier alpha value is -2.64. The van der Waals surface area contributed by atoms with E-state index in [1.807, 2.05) is 0 Å². The van der Waals surface area contributed by atoms with Crippen LogP contribution in [0, 0.1) is 29.1 Å². The van der Waals surface area contributed by atoms with Gasteiger partial charge in [0.1, 0.15) is 5.75 Å². The fourth-order valence-corrected chi connectivity index (χ4v) is 1.83. The van der Waals surface area contributed by atoms with Gasteiger partial charge in [0.25, 0.3) is 0 Å². The molecule has 0 radical (unpaired) electrons. The van der Waals surface area contributed by atoms with E-state index < -0.39 is 47.2 Å². The summed E-state index contributed by atoms with van der Waals surface area (Å²) < 4.78 is 75.1. The van der Waals surface area contributed by atoms with E-state index in [9.17, 15) is 26.7 Å². The molecular formula is C15H9F5O3. The van der Waals surface area contributed by atoms with Gasteiger partial charge >= 0.3 is 5.97 Å². The SMILES string of the molecule is COc1ccccc1CC(=O)Oc1c(F)c(F)c(F)c(F)c1F. The van der Waals surface area contributed by atoms with Crippen LogP contribution in [0.3, 0.4) is 0 Å². The van der Waals surface area contributed by atoms with Crippen molar-refractivity contribution in [3.63, 3.8) is 0 Å². The molecule has 23 heavy (non-hydrogen) atoms. The fraction of sp³-hybridized carbons (Fsp3) is 0.133. The molecule has 3 nitrogen and oxygen atoms in total. The minimum Gasteiger partial charge on any atom is -0.496 e. The van der Waals surface area contributed by atoms with Gasteiger partial charge < -0.3 is 9.47 Å². The highest BCUT2D eigenvalue weighted by molar-refractivity contribution is 5.76. The fourth-order valence-electron chi connectivity index (χ4n) is 1.83. The first-order chi connectivity index (χ1) is 10.9. The van der Waals surface area contributed by atoms with Crippen LogP contribution >= 0.6 is 0 Å². The number of para-hydroxylation sites is 1. The molecule has 0 amide bonds. The smallest absolute Gasteiger partial charge is 0.316 e. The number of carbonyl (C=O) groups excluding carboxylic acids is 1. The number of carbonyl (C=O) groups is 1. The van der Waals surface area contributed by atoms with E-state index in [1.165, 1.54) is 19.2 Å². The molecule has 0 aliphatic rings. The standard InChI is InChI=1S/C15H9F5O3/c1-22-8-5-3-2-4-7(8)6-9(21)23-15-13(19)11(17)10(16)12(18)14(15)20/h2-5H,6H2,1H3. The zero-order valence-electron chi connectivity index (χ0n) is 11.6. The Balaban J connectivity index is 2.28. The van der Waals surface area contributed by atoms with Crippen LogP contribution in [0.2, 0.25) is 0 Å². The van der Waals surface area contributed by atoms with E-state index in [4.69, 9.17) is 4.74 Å². The summed E-state index contributed by atoms with van der Waals surface area (Å²) in [6.45, 7) is 0. The maximum absolute atomic E-state index is 13.4. The Morgan fingerprint density at radius 1 is 0.913 bits per heavy atom. The van der Waals surface area contributed by atoms with Gasteiger partial charge in [-0.25, -0.2) is 13.2 Å². The van der Waals surface area contributed by atoms with E-state index in [1.54, 1.807) is 12.1 Å². The van der Waals surface area contributed by atoms with Crippen molar-refractivity contribution in [2.45, 2.75) is 6.42 Å². The van der Waals surface area contributed by atoms with Crippen molar-refractivity contribution in [1.29, 1.82) is 0 Å². The van der Waals surface area contributed by atoms with Crippen molar-refractivity contribution in [3.8, 4) is 11.5 Å². The number of hydrogen-bond donors (Lipinski definition) is 0. The number of benzene rings is 2. The topological polar surface area (TPSA) is 35.5 Å². The molecule has 0 aliphatic carbocycles. The quantitative estimate of drug-likeness (QED) is 0.282. The molecule has 2 rings (SSSR count). The monoisotopic (exact) mass is 332 g/mol. The molecule has 0 bridgehead atoms. The summed E-state index contributed by atoms with van der Waals surface area (Å²) in [5, 5.41) is 0. The van der Waals surface area contributed by atoms with E-state index in [0.717, 1.165) is 0 Å². The van der Waals surface area contributed by atoms with Crippen LogP contribution in [0.15, 0.2) is 24.3 Å². The van der Waals surface area contributed by atoms with Crippen LogP contribution in [0.5, 0.6) is 11.5 Å². The molecule has 0 saturated heterocycles. The predicted molar refractivity (Wildman–Crippen MR) is 68.6 cm³/mol. The molecule has 2 aromatic rings. The second kappa shape index (κ2) is 6.64. The maximum Gasteiger partial charge on any atom is 0.316 e. The Labute approximate surface area is 127 Å². The number of rotatable bonds is 4. The summed E-state index contributed by atoms with van der Waals surface area (Å²) in [7, 11) is 1.34. The lowest BCUT2D eigenvalue weighted by atomic mass is 10.1. The normalized spacial score (nSPS) is 10.5. The van der Waals surface area contributed by atoms with Crippen molar-refractivity contribution in [2.75, 3.05) is 7.11 Å². The largest absolute Gasteiger partial charge is 0.496 e. The van der Waals surface area contributed by atoms with Gasteiger partial charge in [-0.2, -0.15) is 8.78 Å². The minimum absolute atomic E-state index is 0.307. The van der Waals surface area contributed by atoms with Crippen LogP contribution in [0.25, 0.3) is 0 Å². The number of ether oxygens (including phenoxy) is 2. The molecule has 122 valence electrons. The lowest BCUT2D eigenvalue weighted by molar-refractivity contribution is -0.134. The Morgan fingerprint density at radius 2 is 1.43 bits per heavy atom. The van der Waals surface area contributed by atoms with Gasteiger partial charge in [0, 0.05) is 5.56 Å². The van der Waals surface area contributed by atoms with Crippen LogP contribution in [-0.4, -0.2) is 13.1 Å². The van der Waals surface area contributed by atoms with Gasteiger partial charge in [0.05, 0.1) is 13.5 Å². The third-order valence-electron chi connectivity index (χ3n) is 2.91. The maximum atomic E-state index is 13.4. The predicted octanol–water partition coefficient (Wildman–Crippen LogP) is 3.54. The average molecular weight is 332 g/mol. The second-order valence-corrected chi connectivity index (χ2v) is 4.36. The highest BCUT2D eigenvalue weighted by atomic mass is 19.2. The summed E-state index contributed by atoms with van der Waals surface area (Å²) >= 11 is 0. The van der Waals surface area contributed by atoms with Crippen LogP contribution < -0.4 is 9.47 Å². The lowest BCUT2D eigenvalue weighted by Gasteiger charge is -2.10. The average Bonchev–Trinajstić information content (AvgIpc) is 2.55. The number of methoxy groups -OCH3 is 1. The first-order valence-electron chi connectivity index (χ1n) is 6.20. The first kappa shape index (κ1) is 16.7. The zero-order valence-corrected chi connectivity index (χ0v) is 11.6. The van der Waals surface area contributed by atoms with Gasteiger partial charge in [0.15, 0.2) is 0 Å². The van der Waals surface area contributed by atoms with Crippen molar-refractivity contribution in [3.05, 3.63) is 58.9 Å². The molecule has 0 spiro atoms. The molecular weight excluding hydrogens is 323 g/mol. The highest BCUT2D eigenvalue weighted by Crippen LogP contribution is 2.29. The Morgan fingerprint density at radius 3 is 2.00 bits per heavy atom. The molecule has 0 aromatic heterocycles. The third-order valence-corrected chi connectivity index (χ3v) is 2.91. The summed E-state index contributed by atoms with van der Waals surface area (Å²) in [4.78, 5) is 11.7. The van der Waals surface area contributed by atoms with Gasteiger partial charge in [-0.15, -0.1) is 0 Å². The summed E-state index contributed by atoms with van der Waals surface area (Å²) in [6.07, 6.45) is -0.483. The third kappa shape index (κ3) is 3.25. The number of hydrogen-bond acceptors (Lipinski definition) is 3. The lowest BCUT2D eigenvalue weighted by Crippen LogP contribution is -2.16. The van der Waals surface area contributed by atoms with Crippen molar-refractivity contribution in [1.82, 2.24) is 0 Å². The van der Waals surface area contributed by atoms with Gasteiger partial charge in [-0.05, 0) is 6.07 Å². The Bertz CT molecular complexity index is 732. The number of halogens is 5. The summed E-state index contributed by atoms with van der Waals surface area (Å²) in [5.41, 5.74) is 0.323. The van der Waals surface area contributed by atoms with Gasteiger partial charge in [-0.1, -0.05) is 18.2 Å². The first-order valence-corrected chi connectivity index (χ1v) is 6.20. The van der Waals surface area contributed by atoms with Crippen LogP contribution in [0.1, 0.15) is 5.56 Å². The minimum atomic E-state index is -2.33. The van der Waals surface area contributed by atoms with E-state index >= 15 is 0 Å². The highest BCUT2D eigenvalue weighted by Gasteiger charge is 2.28. The van der Waals surface area contributed by atoms with E-state index in [-0.39, 0.29) is 0 Å². The van der Waals surface area contributed by atoms with Crippen LogP contribution in [-0.2, 0) is 11.2 Å². The van der Waals surface area contributed by atoms with Gasteiger partial charge in [-0.3, -0.25) is 4.79 Å². The molecule has 0 saturated carbocycles. The Kier molecular flexibility index (Phi) is 4.83. The summed E-state index contributed by atoms with van der Waals surface area (Å²) in [6, 6.07) is 6.21. The van der Waals surface area contributed by atoms with E-state index in [2.05, 4.69) is 4.74 Å². The molecule has 0 unspecified atom stereocenters. The molecule has 8 heteroatoms. The van der Waals surface area contributed by atoms with Crippen LogP contribution in [0.4, 0.5) is 22.0 Å². The molecule has 0 heterocycles. The molecule has 0 N–H and O–H groups in total.